The quantitative estimate of drug-likeness (QED) is 0.597. The van der Waals surface area contributed by atoms with E-state index < -0.39 is 0 Å². The second kappa shape index (κ2) is 3.16. The van der Waals surface area contributed by atoms with Gasteiger partial charge in [-0.2, -0.15) is 5.26 Å². The van der Waals surface area contributed by atoms with E-state index in [0.717, 1.165) is 11.1 Å². The summed E-state index contributed by atoms with van der Waals surface area (Å²) in [5, 5.41) is 8.84. The molecule has 0 radical (unpaired) electrons. The Kier molecular flexibility index (Phi) is 1.85. The summed E-state index contributed by atoms with van der Waals surface area (Å²) in [4.78, 5) is 0. The Morgan fingerprint density at radius 2 is 2.00 bits per heavy atom. The van der Waals surface area contributed by atoms with Crippen LogP contribution >= 0.6 is 0 Å². The monoisotopic (exact) mass is 169 g/mol. The van der Waals surface area contributed by atoms with Crippen molar-refractivity contribution in [1.82, 2.24) is 0 Å². The van der Waals surface area contributed by atoms with Gasteiger partial charge in [-0.15, -0.1) is 0 Å². The lowest BCUT2D eigenvalue weighted by molar-refractivity contribution is 0.411. The van der Waals surface area contributed by atoms with Gasteiger partial charge in [-0.05, 0) is 23.8 Å². The Morgan fingerprint density at radius 1 is 1.15 bits per heavy atom. The van der Waals surface area contributed by atoms with Gasteiger partial charge in [0.1, 0.15) is 0 Å². The van der Waals surface area contributed by atoms with Crippen LogP contribution < -0.4 is 0 Å². The third kappa shape index (κ3) is 1.32. The van der Waals surface area contributed by atoms with Crippen molar-refractivity contribution in [1.29, 1.82) is 5.26 Å². The van der Waals surface area contributed by atoms with Crippen LogP contribution in [0.2, 0.25) is 0 Å². The molecule has 0 atom stereocenters. The summed E-state index contributed by atoms with van der Waals surface area (Å²) in [6.45, 7) is 0. The van der Waals surface area contributed by atoms with Crippen LogP contribution in [0, 0.1) is 11.3 Å². The van der Waals surface area contributed by atoms with Gasteiger partial charge in [-0.3, -0.25) is 0 Å². The zero-order valence-corrected chi connectivity index (χ0v) is 6.90. The second-order valence-electron chi connectivity index (χ2n) is 2.66. The highest BCUT2D eigenvalue weighted by Gasteiger charge is 2.04. The van der Waals surface area contributed by atoms with Crippen LogP contribution in [0.5, 0.6) is 0 Å². The highest BCUT2D eigenvalue weighted by molar-refractivity contribution is 5.70. The molecule has 0 spiro atoms. The highest BCUT2D eigenvalue weighted by atomic mass is 16.5. The smallest absolute Gasteiger partial charge is 0.0998 e. The first-order chi connectivity index (χ1) is 6.42. The summed E-state index contributed by atoms with van der Waals surface area (Å²) < 4.78 is 5.01. The van der Waals surface area contributed by atoms with Gasteiger partial charge in [-0.1, -0.05) is 12.1 Å². The molecule has 13 heavy (non-hydrogen) atoms. The van der Waals surface area contributed by atoms with E-state index in [0.29, 0.717) is 5.56 Å². The Balaban J connectivity index is 2.68. The van der Waals surface area contributed by atoms with Crippen molar-refractivity contribution < 1.29 is 4.74 Å². The number of hydrogen-bond acceptors (Lipinski definition) is 2. The van der Waals surface area contributed by atoms with Crippen molar-refractivity contribution in [3.05, 3.63) is 47.4 Å². The number of fused-ring (bicyclic) bond motifs is 1. The van der Waals surface area contributed by atoms with Crippen LogP contribution in [0.1, 0.15) is 16.7 Å². The normalized spacial score (nSPS) is 12.5. The Hall–Kier alpha value is -2.01. The highest BCUT2D eigenvalue weighted by Crippen LogP contribution is 2.19. The van der Waals surface area contributed by atoms with Crippen LogP contribution in [0.4, 0.5) is 0 Å². The van der Waals surface area contributed by atoms with Crippen molar-refractivity contribution in [3.8, 4) is 6.07 Å². The van der Waals surface area contributed by atoms with Crippen LogP contribution in [0.15, 0.2) is 30.7 Å². The lowest BCUT2D eigenvalue weighted by Gasteiger charge is -2.00. The average Bonchev–Trinajstić information content (AvgIpc) is 2.41. The fourth-order valence-electron chi connectivity index (χ4n) is 1.28. The van der Waals surface area contributed by atoms with Crippen molar-refractivity contribution in [2.75, 3.05) is 0 Å². The largest absolute Gasteiger partial charge is 0.473 e. The molecule has 0 amide bonds. The molecule has 0 fully saturated rings. The van der Waals surface area contributed by atoms with Crippen LogP contribution in [0.3, 0.4) is 0 Å². The van der Waals surface area contributed by atoms with E-state index >= 15 is 0 Å². The summed E-state index contributed by atoms with van der Waals surface area (Å²) in [6.07, 6.45) is 6.82. The molecule has 0 saturated carbocycles. The molecule has 0 bridgehead atoms. The summed E-state index contributed by atoms with van der Waals surface area (Å²) in [5.74, 6) is 0. The molecule has 1 aliphatic heterocycles. The van der Waals surface area contributed by atoms with Gasteiger partial charge in [-0.25, -0.2) is 0 Å². The number of ether oxygens (including phenoxy) is 1. The van der Waals surface area contributed by atoms with Crippen molar-refractivity contribution >= 4 is 12.2 Å². The number of rotatable bonds is 0. The van der Waals surface area contributed by atoms with Crippen molar-refractivity contribution in [3.63, 3.8) is 0 Å². The minimum atomic E-state index is 0.670. The minimum absolute atomic E-state index is 0.670. The van der Waals surface area contributed by atoms with Crippen LogP contribution in [-0.2, 0) is 4.74 Å². The maximum Gasteiger partial charge on any atom is 0.0998 e. The second-order valence-corrected chi connectivity index (χ2v) is 2.66. The number of hydrogen-bond donors (Lipinski definition) is 0. The topological polar surface area (TPSA) is 33.0 Å². The zero-order chi connectivity index (χ0) is 9.10. The summed E-state index contributed by atoms with van der Waals surface area (Å²) in [7, 11) is 0. The van der Waals surface area contributed by atoms with E-state index in [1.807, 2.05) is 18.2 Å². The van der Waals surface area contributed by atoms with Gasteiger partial charge >= 0.3 is 0 Å². The molecule has 2 nitrogen and oxygen atoms in total. The molecule has 0 aliphatic carbocycles. The molecule has 1 aromatic rings. The lowest BCUT2D eigenvalue weighted by atomic mass is 10.0. The van der Waals surface area contributed by atoms with E-state index in [1.54, 1.807) is 24.7 Å². The average molecular weight is 169 g/mol. The van der Waals surface area contributed by atoms with E-state index in [-0.39, 0.29) is 0 Å². The number of benzene rings is 1. The van der Waals surface area contributed by atoms with Gasteiger partial charge in [0.05, 0.1) is 24.2 Å². The van der Waals surface area contributed by atoms with Gasteiger partial charge in [0, 0.05) is 5.56 Å². The van der Waals surface area contributed by atoms with E-state index in [2.05, 4.69) is 6.07 Å². The molecule has 62 valence electrons. The maximum absolute atomic E-state index is 8.84. The molecule has 0 saturated heterocycles. The SMILES string of the molecule is N#Cc1cccc2c1C=COC=C2. The molecule has 0 aromatic heterocycles. The number of nitriles is 1. The maximum atomic E-state index is 8.84. The van der Waals surface area contributed by atoms with Gasteiger partial charge in [0.15, 0.2) is 0 Å². The molecule has 0 unspecified atom stereocenters. The molecular formula is C11H7NO. The summed E-state index contributed by atoms with van der Waals surface area (Å²) in [5.41, 5.74) is 2.59. The Morgan fingerprint density at radius 3 is 2.85 bits per heavy atom. The van der Waals surface area contributed by atoms with E-state index in [9.17, 15) is 0 Å². The fraction of sp³-hybridized carbons (Fsp3) is 0. The summed E-state index contributed by atoms with van der Waals surface area (Å²) in [6, 6.07) is 7.75. The first kappa shape index (κ1) is 7.63. The third-order valence-corrected chi connectivity index (χ3v) is 1.90. The zero-order valence-electron chi connectivity index (χ0n) is 6.90. The Bertz CT molecular complexity index is 424. The Labute approximate surface area is 76.4 Å². The van der Waals surface area contributed by atoms with E-state index in [1.165, 1.54) is 0 Å². The minimum Gasteiger partial charge on any atom is -0.473 e. The molecule has 1 aliphatic rings. The van der Waals surface area contributed by atoms with Gasteiger partial charge < -0.3 is 4.74 Å². The predicted molar refractivity (Wildman–Crippen MR) is 50.3 cm³/mol. The third-order valence-electron chi connectivity index (χ3n) is 1.90. The van der Waals surface area contributed by atoms with Gasteiger partial charge in [0.25, 0.3) is 0 Å². The molecule has 2 rings (SSSR count). The van der Waals surface area contributed by atoms with Crippen LogP contribution in [-0.4, -0.2) is 0 Å². The number of nitrogens with zero attached hydrogens (tertiary/aromatic N) is 1. The molecule has 1 heterocycles. The fourth-order valence-corrected chi connectivity index (χ4v) is 1.28. The van der Waals surface area contributed by atoms with Crippen LogP contribution in [0.25, 0.3) is 12.2 Å². The molecule has 2 heteroatoms. The first-order valence-electron chi connectivity index (χ1n) is 3.93. The van der Waals surface area contributed by atoms with Gasteiger partial charge in [0.2, 0.25) is 0 Å². The molecule has 1 aromatic carbocycles. The first-order valence-corrected chi connectivity index (χ1v) is 3.93. The molecular weight excluding hydrogens is 162 g/mol. The summed E-state index contributed by atoms with van der Waals surface area (Å²) >= 11 is 0. The molecule has 0 N–H and O–H groups in total. The standard InChI is InChI=1S/C11H7NO/c12-8-10-3-1-2-9-4-6-13-7-5-11(9)10/h1-7H. The predicted octanol–water partition coefficient (Wildman–Crippen LogP) is 2.53. The lowest BCUT2D eigenvalue weighted by Crippen LogP contribution is -1.85. The van der Waals surface area contributed by atoms with Crippen molar-refractivity contribution in [2.24, 2.45) is 0 Å². The van der Waals surface area contributed by atoms with E-state index in [4.69, 9.17) is 10.00 Å². The van der Waals surface area contributed by atoms with Crippen molar-refractivity contribution in [2.45, 2.75) is 0 Å².